The first-order chi connectivity index (χ1) is 11.2. The molecule has 2 N–H and O–H groups in total. The number of para-hydroxylation sites is 1. The van der Waals surface area contributed by atoms with Gasteiger partial charge < -0.3 is 14.8 Å². The lowest BCUT2D eigenvalue weighted by Gasteiger charge is -2.23. The number of nitrogens with zero attached hydrogens (tertiary/aromatic N) is 1. The summed E-state index contributed by atoms with van der Waals surface area (Å²) in [5, 5.41) is 8.20. The van der Waals surface area contributed by atoms with Crippen molar-refractivity contribution in [2.24, 2.45) is 16.9 Å². The van der Waals surface area contributed by atoms with Crippen molar-refractivity contribution in [2.75, 3.05) is 14.2 Å². The molecule has 0 heterocycles. The van der Waals surface area contributed by atoms with E-state index in [0.29, 0.717) is 22.7 Å². The molecule has 2 fully saturated rings. The Hall–Kier alpha value is -1.82. The molecule has 2 bridgehead atoms. The van der Waals surface area contributed by atoms with Crippen LogP contribution in [0.3, 0.4) is 0 Å². The molecule has 1 aromatic carbocycles. The lowest BCUT2D eigenvalue weighted by Crippen LogP contribution is -2.42. The van der Waals surface area contributed by atoms with Crippen molar-refractivity contribution in [3.05, 3.63) is 23.8 Å². The second-order valence-electron chi connectivity index (χ2n) is 6.21. The van der Waals surface area contributed by atoms with Gasteiger partial charge in [0.15, 0.2) is 16.6 Å². The number of rotatable bonds is 5. The zero-order chi connectivity index (χ0) is 16.2. The first-order valence-corrected chi connectivity index (χ1v) is 8.42. The molecule has 2 aliphatic carbocycles. The second kappa shape index (κ2) is 7.17. The lowest BCUT2D eigenvalue weighted by atomic mass is 9.96. The molecule has 124 valence electrons. The molecule has 0 saturated heterocycles. The van der Waals surface area contributed by atoms with Crippen LogP contribution >= 0.6 is 12.2 Å². The number of methoxy groups -OCH3 is 2. The number of ether oxygens (including phenoxy) is 2. The molecule has 3 atom stereocenters. The normalized spacial score (nSPS) is 25.6. The highest BCUT2D eigenvalue weighted by Crippen LogP contribution is 2.44. The van der Waals surface area contributed by atoms with E-state index in [9.17, 15) is 0 Å². The Morgan fingerprint density at radius 3 is 2.78 bits per heavy atom. The number of fused-ring (bicyclic) bond motifs is 2. The molecule has 2 saturated carbocycles. The topological polar surface area (TPSA) is 54.9 Å². The molecular weight excluding hydrogens is 310 g/mol. The van der Waals surface area contributed by atoms with Gasteiger partial charge in [0.25, 0.3) is 0 Å². The number of nitrogens with one attached hydrogen (secondary N) is 2. The third kappa shape index (κ3) is 3.58. The van der Waals surface area contributed by atoms with Gasteiger partial charge in [-0.25, -0.2) is 0 Å². The summed E-state index contributed by atoms with van der Waals surface area (Å²) in [7, 11) is 3.23. The summed E-state index contributed by atoms with van der Waals surface area (Å²) in [6.45, 7) is 0. The molecule has 1 aromatic rings. The van der Waals surface area contributed by atoms with E-state index in [-0.39, 0.29) is 0 Å². The van der Waals surface area contributed by atoms with E-state index in [1.54, 1.807) is 20.4 Å². The van der Waals surface area contributed by atoms with E-state index in [2.05, 4.69) is 15.8 Å². The summed E-state index contributed by atoms with van der Waals surface area (Å²) in [6.07, 6.45) is 6.99. The molecular formula is C17H23N3O2S. The van der Waals surface area contributed by atoms with Crippen LogP contribution in [0.2, 0.25) is 0 Å². The predicted octanol–water partition coefficient (Wildman–Crippen LogP) is 2.69. The van der Waals surface area contributed by atoms with Crippen LogP contribution in [0, 0.1) is 11.8 Å². The molecule has 0 aromatic heterocycles. The Labute approximate surface area is 142 Å². The molecule has 0 unspecified atom stereocenters. The van der Waals surface area contributed by atoms with Gasteiger partial charge >= 0.3 is 0 Å². The number of hydrazone groups is 1. The van der Waals surface area contributed by atoms with E-state index in [4.69, 9.17) is 21.7 Å². The van der Waals surface area contributed by atoms with E-state index < -0.39 is 0 Å². The van der Waals surface area contributed by atoms with Crippen molar-refractivity contribution in [3.8, 4) is 11.5 Å². The zero-order valence-electron chi connectivity index (χ0n) is 13.5. The Morgan fingerprint density at radius 2 is 2.13 bits per heavy atom. The lowest BCUT2D eigenvalue weighted by molar-refractivity contribution is 0.354. The first kappa shape index (κ1) is 16.1. The molecule has 0 spiro atoms. The van der Waals surface area contributed by atoms with E-state index in [0.717, 1.165) is 17.4 Å². The average molecular weight is 333 g/mol. The van der Waals surface area contributed by atoms with Gasteiger partial charge in [-0.05, 0) is 55.4 Å². The summed E-state index contributed by atoms with van der Waals surface area (Å²) >= 11 is 5.34. The minimum Gasteiger partial charge on any atom is -0.493 e. The summed E-state index contributed by atoms with van der Waals surface area (Å²) in [5.41, 5.74) is 3.73. The third-order valence-electron chi connectivity index (χ3n) is 4.86. The van der Waals surface area contributed by atoms with E-state index in [1.807, 2.05) is 18.2 Å². The maximum absolute atomic E-state index is 5.37. The maximum atomic E-state index is 5.37. The van der Waals surface area contributed by atoms with E-state index in [1.165, 1.54) is 25.7 Å². The quantitative estimate of drug-likeness (QED) is 0.493. The van der Waals surface area contributed by atoms with Crippen LogP contribution in [0.25, 0.3) is 0 Å². The Kier molecular flexibility index (Phi) is 5.00. The Bertz CT molecular complexity index is 606. The predicted molar refractivity (Wildman–Crippen MR) is 95.2 cm³/mol. The zero-order valence-corrected chi connectivity index (χ0v) is 14.4. The fraction of sp³-hybridized carbons (Fsp3) is 0.529. The summed E-state index contributed by atoms with van der Waals surface area (Å²) in [4.78, 5) is 0. The number of hydrogen-bond acceptors (Lipinski definition) is 4. The van der Waals surface area contributed by atoms with Crippen molar-refractivity contribution < 1.29 is 9.47 Å². The van der Waals surface area contributed by atoms with Crippen LogP contribution in [0.1, 0.15) is 31.2 Å². The van der Waals surface area contributed by atoms with Gasteiger partial charge in [-0.1, -0.05) is 12.5 Å². The van der Waals surface area contributed by atoms with Crippen LogP contribution < -0.4 is 20.2 Å². The molecule has 0 amide bonds. The van der Waals surface area contributed by atoms with Gasteiger partial charge in [-0.2, -0.15) is 5.10 Å². The fourth-order valence-electron chi connectivity index (χ4n) is 3.80. The van der Waals surface area contributed by atoms with Gasteiger partial charge in [-0.15, -0.1) is 0 Å². The monoisotopic (exact) mass is 333 g/mol. The third-order valence-corrected chi connectivity index (χ3v) is 5.07. The second-order valence-corrected chi connectivity index (χ2v) is 6.62. The minimum atomic E-state index is 0.510. The molecule has 0 aliphatic heterocycles. The van der Waals surface area contributed by atoms with Gasteiger partial charge in [0.05, 0.1) is 20.4 Å². The highest BCUT2D eigenvalue weighted by atomic mass is 32.1. The van der Waals surface area contributed by atoms with Crippen LogP contribution in [0.4, 0.5) is 0 Å². The first-order valence-electron chi connectivity index (χ1n) is 8.01. The summed E-state index contributed by atoms with van der Waals surface area (Å²) < 4.78 is 10.6. The van der Waals surface area contributed by atoms with Crippen molar-refractivity contribution >= 4 is 23.5 Å². The molecule has 2 aliphatic rings. The Morgan fingerprint density at radius 1 is 1.26 bits per heavy atom. The van der Waals surface area contributed by atoms with Crippen LogP contribution in [0.15, 0.2) is 23.3 Å². The van der Waals surface area contributed by atoms with Crippen LogP contribution in [0.5, 0.6) is 11.5 Å². The number of hydrogen-bond donors (Lipinski definition) is 2. The average Bonchev–Trinajstić information content (AvgIpc) is 3.17. The summed E-state index contributed by atoms with van der Waals surface area (Å²) in [6, 6.07) is 6.17. The minimum absolute atomic E-state index is 0.510. The SMILES string of the molecule is COc1cccc(/C=N\NC(=S)N[C@@H]2C[C@H]3CC[C@@H]2C3)c1OC. The smallest absolute Gasteiger partial charge is 0.187 e. The number of benzene rings is 1. The van der Waals surface area contributed by atoms with E-state index >= 15 is 0 Å². The van der Waals surface area contributed by atoms with Crippen molar-refractivity contribution in [2.45, 2.75) is 31.7 Å². The highest BCUT2D eigenvalue weighted by Gasteiger charge is 2.39. The van der Waals surface area contributed by atoms with Crippen molar-refractivity contribution in [3.63, 3.8) is 0 Å². The molecule has 0 radical (unpaired) electrons. The maximum Gasteiger partial charge on any atom is 0.187 e. The fourth-order valence-corrected chi connectivity index (χ4v) is 4.00. The van der Waals surface area contributed by atoms with Crippen molar-refractivity contribution in [1.29, 1.82) is 0 Å². The van der Waals surface area contributed by atoms with Crippen LogP contribution in [-0.4, -0.2) is 31.6 Å². The molecule has 6 heteroatoms. The number of thiocarbonyl (C=S) groups is 1. The molecule has 5 nitrogen and oxygen atoms in total. The molecule has 23 heavy (non-hydrogen) atoms. The van der Waals surface area contributed by atoms with Crippen molar-refractivity contribution in [1.82, 2.24) is 10.7 Å². The highest BCUT2D eigenvalue weighted by molar-refractivity contribution is 7.80. The van der Waals surface area contributed by atoms with Gasteiger partial charge in [0.1, 0.15) is 0 Å². The standard InChI is InChI=1S/C17H23N3O2S/c1-21-15-5-3-4-13(16(15)22-2)10-18-20-17(23)19-14-9-11-6-7-12(14)8-11/h3-5,10-12,14H,6-9H2,1-2H3,(H2,19,20,23)/b18-10-/t11-,12+,14+/m0/s1. The Balaban J connectivity index is 1.55. The van der Waals surface area contributed by atoms with Gasteiger partial charge in [0.2, 0.25) is 0 Å². The molecule has 3 rings (SSSR count). The summed E-state index contributed by atoms with van der Waals surface area (Å²) in [5.74, 6) is 3.01. The van der Waals surface area contributed by atoms with Gasteiger partial charge in [0, 0.05) is 11.6 Å². The van der Waals surface area contributed by atoms with Gasteiger partial charge in [-0.3, -0.25) is 5.43 Å². The largest absolute Gasteiger partial charge is 0.493 e. The van der Waals surface area contributed by atoms with Crippen LogP contribution in [-0.2, 0) is 0 Å².